The first-order chi connectivity index (χ1) is 9.72. The molecule has 0 radical (unpaired) electrons. The highest BCUT2D eigenvalue weighted by atomic mass is 16.2. The molecule has 0 saturated heterocycles. The molecule has 2 aromatic rings. The van der Waals surface area contributed by atoms with Crippen LogP contribution in [-0.4, -0.2) is 24.4 Å². The van der Waals surface area contributed by atoms with E-state index in [1.54, 1.807) is 18.0 Å². The van der Waals surface area contributed by atoms with E-state index in [2.05, 4.69) is 0 Å². The van der Waals surface area contributed by atoms with Crippen molar-refractivity contribution in [1.82, 2.24) is 4.90 Å². The maximum absolute atomic E-state index is 11.9. The number of carbonyl (C=O) groups excluding carboxylic acids is 1. The Morgan fingerprint density at radius 3 is 2.80 bits per heavy atom. The first-order valence-electron chi connectivity index (χ1n) is 6.50. The Hall–Kier alpha value is -2.60. The molecule has 3 nitrogen and oxygen atoms in total. The third kappa shape index (κ3) is 3.24. The van der Waals surface area contributed by atoms with Gasteiger partial charge in [-0.1, -0.05) is 42.5 Å². The molecule has 0 aromatic heterocycles. The minimum absolute atomic E-state index is 0.0896. The summed E-state index contributed by atoms with van der Waals surface area (Å²) in [6, 6.07) is 16.1. The van der Waals surface area contributed by atoms with E-state index >= 15 is 0 Å². The predicted molar refractivity (Wildman–Crippen MR) is 80.8 cm³/mol. The molecule has 20 heavy (non-hydrogen) atoms. The average molecular weight is 264 g/mol. The lowest BCUT2D eigenvalue weighted by molar-refractivity contribution is -0.124. The van der Waals surface area contributed by atoms with Gasteiger partial charge in [0.25, 0.3) is 0 Å². The molecule has 0 fully saturated rings. The van der Waals surface area contributed by atoms with Crippen LogP contribution in [0.25, 0.3) is 16.8 Å². The zero-order valence-electron chi connectivity index (χ0n) is 11.4. The van der Waals surface area contributed by atoms with Crippen molar-refractivity contribution < 1.29 is 4.79 Å². The quantitative estimate of drug-likeness (QED) is 0.796. The molecular formula is C17H16N2O. The zero-order chi connectivity index (χ0) is 14.4. The molecule has 0 N–H and O–H groups in total. The van der Waals surface area contributed by atoms with Crippen LogP contribution in [0.1, 0.15) is 12.0 Å². The fraction of sp³-hybridized carbons (Fsp3) is 0.176. The maximum Gasteiger partial charge on any atom is 0.246 e. The summed E-state index contributed by atoms with van der Waals surface area (Å²) in [5, 5.41) is 10.8. The lowest BCUT2D eigenvalue weighted by Gasteiger charge is -2.12. The predicted octanol–water partition coefficient (Wildman–Crippen LogP) is 3.23. The molecule has 0 heterocycles. The molecule has 0 atom stereocenters. The van der Waals surface area contributed by atoms with Gasteiger partial charge in [-0.05, 0) is 22.4 Å². The van der Waals surface area contributed by atoms with Crippen LogP contribution in [0.5, 0.6) is 0 Å². The number of hydrogen-bond donors (Lipinski definition) is 0. The van der Waals surface area contributed by atoms with E-state index in [0.717, 1.165) is 16.3 Å². The number of nitrogens with zero attached hydrogens (tertiary/aromatic N) is 2. The Balaban J connectivity index is 2.18. The Labute approximate surface area is 118 Å². The Kier molecular flexibility index (Phi) is 4.52. The van der Waals surface area contributed by atoms with Gasteiger partial charge in [0.2, 0.25) is 5.91 Å². The molecule has 0 bridgehead atoms. The van der Waals surface area contributed by atoms with Crippen molar-refractivity contribution in [3.05, 3.63) is 54.1 Å². The standard InChI is InChI=1S/C17H16N2O/c1-19(13-5-12-18)17(20)11-10-15-8-4-7-14-6-2-3-9-16(14)15/h2-4,6-11H,5,13H2,1H3/b11-10+. The van der Waals surface area contributed by atoms with E-state index in [1.165, 1.54) is 0 Å². The summed E-state index contributed by atoms with van der Waals surface area (Å²) in [7, 11) is 1.70. The van der Waals surface area contributed by atoms with Crippen LogP contribution >= 0.6 is 0 Å². The number of carbonyl (C=O) groups is 1. The highest BCUT2D eigenvalue weighted by Gasteiger charge is 2.04. The molecule has 0 aliphatic rings. The summed E-state index contributed by atoms with van der Waals surface area (Å²) < 4.78 is 0. The lowest BCUT2D eigenvalue weighted by atomic mass is 10.0. The van der Waals surface area contributed by atoms with Gasteiger partial charge in [-0.3, -0.25) is 4.79 Å². The number of rotatable bonds is 4. The van der Waals surface area contributed by atoms with Gasteiger partial charge < -0.3 is 4.90 Å². The van der Waals surface area contributed by atoms with Crippen molar-refractivity contribution in [3.63, 3.8) is 0 Å². The van der Waals surface area contributed by atoms with Crippen molar-refractivity contribution in [2.24, 2.45) is 0 Å². The second-order valence-electron chi connectivity index (χ2n) is 4.57. The van der Waals surface area contributed by atoms with Crippen LogP contribution in [0.4, 0.5) is 0 Å². The highest BCUT2D eigenvalue weighted by Crippen LogP contribution is 2.19. The Morgan fingerprint density at radius 1 is 1.25 bits per heavy atom. The fourth-order valence-electron chi connectivity index (χ4n) is 2.01. The summed E-state index contributed by atoms with van der Waals surface area (Å²) >= 11 is 0. The van der Waals surface area contributed by atoms with Gasteiger partial charge in [0.15, 0.2) is 0 Å². The van der Waals surface area contributed by atoms with Gasteiger partial charge in [-0.25, -0.2) is 0 Å². The first-order valence-corrected chi connectivity index (χ1v) is 6.50. The zero-order valence-corrected chi connectivity index (χ0v) is 11.4. The maximum atomic E-state index is 11.9. The van der Waals surface area contributed by atoms with E-state index in [0.29, 0.717) is 13.0 Å². The van der Waals surface area contributed by atoms with Gasteiger partial charge in [-0.15, -0.1) is 0 Å². The SMILES string of the molecule is CN(CCC#N)C(=O)/C=C/c1cccc2ccccc12. The summed E-state index contributed by atoms with van der Waals surface area (Å²) in [6.07, 6.45) is 3.73. The normalized spacial score (nSPS) is 10.6. The minimum Gasteiger partial charge on any atom is -0.341 e. The molecule has 2 aromatic carbocycles. The molecule has 0 aliphatic carbocycles. The number of benzene rings is 2. The molecule has 0 unspecified atom stereocenters. The van der Waals surface area contributed by atoms with Crippen LogP contribution in [0.3, 0.4) is 0 Å². The van der Waals surface area contributed by atoms with E-state index in [9.17, 15) is 4.79 Å². The third-order valence-corrected chi connectivity index (χ3v) is 3.16. The van der Waals surface area contributed by atoms with E-state index in [1.807, 2.05) is 54.6 Å². The van der Waals surface area contributed by atoms with Crippen molar-refractivity contribution in [1.29, 1.82) is 5.26 Å². The van der Waals surface area contributed by atoms with Gasteiger partial charge in [0, 0.05) is 19.7 Å². The molecule has 100 valence electrons. The molecule has 2 rings (SSSR count). The fourth-order valence-corrected chi connectivity index (χ4v) is 2.01. The largest absolute Gasteiger partial charge is 0.341 e. The minimum atomic E-state index is -0.0896. The third-order valence-electron chi connectivity index (χ3n) is 3.16. The van der Waals surface area contributed by atoms with Crippen LogP contribution < -0.4 is 0 Å². The van der Waals surface area contributed by atoms with Crippen LogP contribution in [0.2, 0.25) is 0 Å². The van der Waals surface area contributed by atoms with E-state index in [-0.39, 0.29) is 5.91 Å². The molecule has 0 spiro atoms. The van der Waals surface area contributed by atoms with E-state index in [4.69, 9.17) is 5.26 Å². The number of hydrogen-bond acceptors (Lipinski definition) is 2. The van der Waals surface area contributed by atoms with Crippen LogP contribution in [0.15, 0.2) is 48.5 Å². The molecule has 0 aliphatic heterocycles. The van der Waals surface area contributed by atoms with Crippen molar-refractivity contribution in [2.75, 3.05) is 13.6 Å². The smallest absolute Gasteiger partial charge is 0.246 e. The number of nitriles is 1. The monoisotopic (exact) mass is 264 g/mol. The highest BCUT2D eigenvalue weighted by molar-refractivity contribution is 5.96. The Morgan fingerprint density at radius 2 is 2.00 bits per heavy atom. The summed E-state index contributed by atoms with van der Waals surface area (Å²) in [4.78, 5) is 13.4. The topological polar surface area (TPSA) is 44.1 Å². The number of amides is 1. The van der Waals surface area contributed by atoms with Crippen LogP contribution in [-0.2, 0) is 4.79 Å². The van der Waals surface area contributed by atoms with Crippen LogP contribution in [0, 0.1) is 11.3 Å². The Bertz CT molecular complexity index is 677. The average Bonchev–Trinajstić information content (AvgIpc) is 2.50. The van der Waals surface area contributed by atoms with E-state index < -0.39 is 0 Å². The number of likely N-dealkylation sites (N-methyl/N-ethyl adjacent to an activating group) is 1. The number of fused-ring (bicyclic) bond motifs is 1. The van der Waals surface area contributed by atoms with Crippen molar-refractivity contribution >= 4 is 22.8 Å². The van der Waals surface area contributed by atoms with Crippen molar-refractivity contribution in [3.8, 4) is 6.07 Å². The second-order valence-corrected chi connectivity index (χ2v) is 4.57. The van der Waals surface area contributed by atoms with Gasteiger partial charge in [-0.2, -0.15) is 5.26 Å². The molecule has 1 amide bonds. The van der Waals surface area contributed by atoms with Gasteiger partial charge >= 0.3 is 0 Å². The molecule has 3 heteroatoms. The van der Waals surface area contributed by atoms with Gasteiger partial charge in [0.05, 0.1) is 12.5 Å². The summed E-state index contributed by atoms with van der Waals surface area (Å²) in [5.41, 5.74) is 1.02. The molecule has 0 saturated carbocycles. The lowest BCUT2D eigenvalue weighted by Crippen LogP contribution is -2.25. The first kappa shape index (κ1) is 13.8. The summed E-state index contributed by atoms with van der Waals surface area (Å²) in [6.45, 7) is 0.454. The van der Waals surface area contributed by atoms with Crippen molar-refractivity contribution in [2.45, 2.75) is 6.42 Å². The van der Waals surface area contributed by atoms with Gasteiger partial charge in [0.1, 0.15) is 0 Å². The molecular weight excluding hydrogens is 248 g/mol. The second kappa shape index (κ2) is 6.53. The summed E-state index contributed by atoms with van der Waals surface area (Å²) in [5.74, 6) is -0.0896.